The molecule has 3 fully saturated rings. The summed E-state index contributed by atoms with van der Waals surface area (Å²) in [5, 5.41) is 7.13. The second-order valence-corrected chi connectivity index (χ2v) is 33.6. The summed E-state index contributed by atoms with van der Waals surface area (Å²) < 4.78 is 13.3. The fraction of sp³-hybridized carbons (Fsp3) is 0.852. The van der Waals surface area contributed by atoms with Gasteiger partial charge in [-0.1, -0.05) is 278 Å². The first-order chi connectivity index (χ1) is 44.8. The average Bonchev–Trinajstić information content (AvgIpc) is 1.67. The van der Waals surface area contributed by atoms with Crippen LogP contribution in [-0.4, -0.2) is 47.9 Å². The zero-order valence-corrected chi connectivity index (χ0v) is 67.9. The third-order valence-corrected chi connectivity index (χ3v) is 22.9. The molecule has 0 spiro atoms. The van der Waals surface area contributed by atoms with Crippen LogP contribution >= 0.6 is 0 Å². The lowest BCUT2D eigenvalue weighted by atomic mass is 9.73. The molecule has 6 nitrogen and oxygen atoms in total. The highest BCUT2D eigenvalue weighted by Crippen LogP contribution is 2.51. The molecule has 5 rings (SSSR count). The topological polar surface area (TPSA) is 91.1 Å². The molecule has 1 aromatic rings. The van der Waals surface area contributed by atoms with Gasteiger partial charge in [0.15, 0.2) is 0 Å². The van der Waals surface area contributed by atoms with Crippen molar-refractivity contribution < 1.29 is 14.0 Å². The van der Waals surface area contributed by atoms with Gasteiger partial charge in [0.05, 0.1) is 5.41 Å². The molecule has 0 saturated heterocycles. The highest BCUT2D eigenvalue weighted by Gasteiger charge is 2.45. The Morgan fingerprint density at radius 3 is 1.63 bits per heavy atom. The van der Waals surface area contributed by atoms with Gasteiger partial charge in [-0.15, -0.1) is 0 Å². The van der Waals surface area contributed by atoms with Gasteiger partial charge in [-0.05, 0) is 206 Å². The van der Waals surface area contributed by atoms with Crippen molar-refractivity contribution in [2.45, 2.75) is 408 Å². The molecule has 0 bridgehead atoms. The lowest BCUT2D eigenvalue weighted by Crippen LogP contribution is -2.31. The molecule has 3 N–H and O–H groups in total. The number of nitrogens with one attached hydrogen (secondary N) is 3. The molecule has 0 aromatic carbocycles. The van der Waals surface area contributed by atoms with Gasteiger partial charge in [0.1, 0.15) is 17.7 Å². The standard InChI is InChI=1S/C32H55NO.C21H32FNO2.C10H20.C9H21N.2C8H18/c1-10-24(4)21-33-26(6)12-11-13-30(34)32(9)22-31(7,8)20-29(32)19-28(23(2)3)18-27-16-14-25(5)15-17-27;1-5-18(24)13-15-12-16(11-14-7-9-17(22)10-8-14)20(25)23-19(15)21(3,4)6-2;1-3-9-5-7-10(4-2)8-6-9;1-5-8(3)7-10-9(4)6-2;1-4-5-6-7-8(2)3;1-4-6-7-8(3)5-2/h19-20,24-27,33H,2,10-18,21-22H2,1,3-9H3;12,14,17H,5-11,13H2,1-4H3,(H,23,25);9-10H,3-8H2,1-2H3;8-10H,5-7H2,1-4H3;2*8H,4-7H2,1-3H3/b28-19-;;;;;/t24-,25?,26+,27?,32?;;;8-,9+;;8-/m0..0.1/s1. The van der Waals surface area contributed by atoms with E-state index in [4.69, 9.17) is 0 Å². The SMILES string of the molecule is C=C(C)/C(=C\C1=CC(C)(C)CC1(C)C(=O)CCC[C@@H](C)NC[C@@H](C)CC)CC1CCC(C)CC1.CCC(=O)Cc1cc(CC2CCC(F)CC2)c(=O)[nH]c1C(C)(C)CC.CCC1CCC(CC)CC1.CCCCCC(C)C.CCCC[C@H](C)CC.CC[C@H](C)CN[C@H](C)CC. The van der Waals surface area contributed by atoms with Crippen LogP contribution in [0.5, 0.6) is 0 Å². The Kier molecular flexibility index (Phi) is 50.1. The van der Waals surface area contributed by atoms with Crippen LogP contribution in [0.2, 0.25) is 0 Å². The quantitative estimate of drug-likeness (QED) is 0.0465. The summed E-state index contributed by atoms with van der Waals surface area (Å²) in [7, 11) is 0. The maximum absolute atomic E-state index is 13.6. The summed E-state index contributed by atoms with van der Waals surface area (Å²) in [6.45, 7) is 60.1. The largest absolute Gasteiger partial charge is 0.325 e. The number of hydrogen-bond acceptors (Lipinski definition) is 5. The Morgan fingerprint density at radius 2 is 1.17 bits per heavy atom. The maximum atomic E-state index is 13.6. The van der Waals surface area contributed by atoms with E-state index < -0.39 is 6.17 Å². The first-order valence-electron chi connectivity index (χ1n) is 40.8. The van der Waals surface area contributed by atoms with E-state index in [0.29, 0.717) is 68.2 Å². The molecule has 95 heavy (non-hydrogen) atoms. The number of pyridine rings is 1. The normalized spacial score (nSPS) is 23.4. The third kappa shape index (κ3) is 40.4. The number of aromatic nitrogens is 1. The Hall–Kier alpha value is -2.64. The summed E-state index contributed by atoms with van der Waals surface area (Å²) in [6, 6.07) is 3.10. The second-order valence-electron chi connectivity index (χ2n) is 33.6. The Balaban J connectivity index is 0.00000125. The van der Waals surface area contributed by atoms with Crippen molar-refractivity contribution in [2.24, 2.45) is 64.1 Å². The first-order valence-corrected chi connectivity index (χ1v) is 40.8. The van der Waals surface area contributed by atoms with E-state index in [9.17, 15) is 18.8 Å². The summed E-state index contributed by atoms with van der Waals surface area (Å²) in [5.41, 5.74) is 5.82. The predicted molar refractivity (Wildman–Crippen MR) is 420 cm³/mol. The zero-order valence-electron chi connectivity index (χ0n) is 67.9. The molecule has 1 heterocycles. The van der Waals surface area contributed by atoms with Gasteiger partial charge in [-0.2, -0.15) is 0 Å². The van der Waals surface area contributed by atoms with Crippen molar-refractivity contribution >= 4 is 11.6 Å². The summed E-state index contributed by atoms with van der Waals surface area (Å²) in [6.07, 6.45) is 43.2. The number of ketones is 2. The van der Waals surface area contributed by atoms with Crippen molar-refractivity contribution in [3.05, 3.63) is 68.7 Å². The molecular weight excluding hydrogens is 1170 g/mol. The van der Waals surface area contributed by atoms with Gasteiger partial charge in [0, 0.05) is 48.0 Å². The van der Waals surface area contributed by atoms with Crippen LogP contribution in [0.1, 0.15) is 388 Å². The molecule has 6 atom stereocenters. The first kappa shape index (κ1) is 92.4. The van der Waals surface area contributed by atoms with Crippen LogP contribution < -0.4 is 16.2 Å². The number of halogens is 1. The van der Waals surface area contributed by atoms with Crippen LogP contribution in [0, 0.1) is 64.1 Å². The van der Waals surface area contributed by atoms with Crippen LogP contribution in [0.3, 0.4) is 0 Å². The number of Topliss-reactive ketones (excluding diaryl/α,β-unsaturated/α-hetero) is 2. The number of carbonyl (C=O) groups is 2. The van der Waals surface area contributed by atoms with Gasteiger partial charge < -0.3 is 15.6 Å². The van der Waals surface area contributed by atoms with E-state index in [1.807, 2.05) is 13.0 Å². The third-order valence-electron chi connectivity index (χ3n) is 22.9. The smallest absolute Gasteiger partial charge is 0.251 e. The molecule has 1 aromatic heterocycles. The molecule has 0 radical (unpaired) electrons. The number of carbonyl (C=O) groups excluding carboxylic acids is 2. The molecular formula is C88H164FN3O3. The summed E-state index contributed by atoms with van der Waals surface area (Å²) in [5.74, 6) is 8.15. The van der Waals surface area contributed by atoms with Gasteiger partial charge in [-0.25, -0.2) is 4.39 Å². The van der Waals surface area contributed by atoms with Crippen molar-refractivity contribution in [1.82, 2.24) is 15.6 Å². The van der Waals surface area contributed by atoms with Crippen molar-refractivity contribution in [2.75, 3.05) is 13.1 Å². The highest BCUT2D eigenvalue weighted by atomic mass is 19.1. The number of hydrogen-bond donors (Lipinski definition) is 3. The van der Waals surface area contributed by atoms with E-state index in [0.717, 1.165) is 110 Å². The van der Waals surface area contributed by atoms with Crippen molar-refractivity contribution in [3.8, 4) is 0 Å². The molecule has 0 aliphatic heterocycles. The average molecular weight is 1330 g/mol. The molecule has 7 heteroatoms. The number of rotatable bonds is 35. The minimum absolute atomic E-state index is 0.0494. The Morgan fingerprint density at radius 1 is 0.653 bits per heavy atom. The molecule has 3 saturated carbocycles. The Labute approximate surface area is 592 Å². The number of alkyl halides is 1. The zero-order chi connectivity index (χ0) is 72.3. The molecule has 4 aliphatic carbocycles. The van der Waals surface area contributed by atoms with Crippen LogP contribution in [-0.2, 0) is 27.8 Å². The van der Waals surface area contributed by atoms with E-state index in [-0.39, 0.29) is 27.6 Å². The minimum Gasteiger partial charge on any atom is -0.325 e. The minimum atomic E-state index is -0.681. The molecule has 556 valence electrons. The molecule has 0 amide bonds. The second kappa shape index (κ2) is 51.5. The molecule has 4 aliphatic rings. The lowest BCUT2D eigenvalue weighted by molar-refractivity contribution is -0.126. The van der Waals surface area contributed by atoms with Crippen LogP contribution in [0.15, 0.2) is 46.3 Å². The van der Waals surface area contributed by atoms with Crippen molar-refractivity contribution in [3.63, 3.8) is 0 Å². The van der Waals surface area contributed by atoms with Gasteiger partial charge in [-0.3, -0.25) is 14.4 Å². The fourth-order valence-corrected chi connectivity index (χ4v) is 14.0. The molecule has 1 unspecified atom stereocenters. The maximum Gasteiger partial charge on any atom is 0.251 e. The van der Waals surface area contributed by atoms with Crippen LogP contribution in [0.4, 0.5) is 4.39 Å². The van der Waals surface area contributed by atoms with E-state index in [1.54, 1.807) is 0 Å². The van der Waals surface area contributed by atoms with Gasteiger partial charge in [0.2, 0.25) is 0 Å². The van der Waals surface area contributed by atoms with Crippen LogP contribution in [0.25, 0.3) is 0 Å². The number of H-pyrrole nitrogens is 1. The number of allylic oxidation sites excluding steroid dienone is 5. The number of aromatic amines is 1. The number of unbranched alkanes of at least 4 members (excludes halogenated alkanes) is 3. The van der Waals surface area contributed by atoms with Crippen molar-refractivity contribution in [1.29, 1.82) is 0 Å². The lowest BCUT2D eigenvalue weighted by Gasteiger charge is -2.30. The predicted octanol–water partition coefficient (Wildman–Crippen LogP) is 26.0. The van der Waals surface area contributed by atoms with Gasteiger partial charge in [0.25, 0.3) is 5.56 Å². The summed E-state index contributed by atoms with van der Waals surface area (Å²) in [4.78, 5) is 41.4. The van der Waals surface area contributed by atoms with Gasteiger partial charge >= 0.3 is 0 Å². The monoisotopic (exact) mass is 1330 g/mol. The van der Waals surface area contributed by atoms with E-state index >= 15 is 0 Å². The van der Waals surface area contributed by atoms with E-state index in [2.05, 4.69) is 194 Å². The highest BCUT2D eigenvalue weighted by molar-refractivity contribution is 5.89. The Bertz CT molecular complexity index is 2240. The van der Waals surface area contributed by atoms with E-state index in [1.165, 1.54) is 158 Å². The summed E-state index contributed by atoms with van der Waals surface area (Å²) >= 11 is 0. The fourth-order valence-electron chi connectivity index (χ4n) is 14.0.